The highest BCUT2D eigenvalue weighted by molar-refractivity contribution is 6.00. The molecule has 2 aliphatic rings. The molecular formula is C21H23FN4O2. The van der Waals surface area contributed by atoms with Gasteiger partial charge in [-0.25, -0.2) is 9.18 Å². The molecule has 1 N–H and O–H groups in total. The molecule has 2 fully saturated rings. The molecule has 1 unspecified atom stereocenters. The summed E-state index contributed by atoms with van der Waals surface area (Å²) in [4.78, 5) is 30.7. The highest BCUT2D eigenvalue weighted by atomic mass is 19.1. The van der Waals surface area contributed by atoms with Crippen molar-refractivity contribution < 1.29 is 14.0 Å². The van der Waals surface area contributed by atoms with Crippen molar-refractivity contribution in [2.24, 2.45) is 0 Å². The molecular weight excluding hydrogens is 359 g/mol. The lowest BCUT2D eigenvalue weighted by Crippen LogP contribution is -2.53. The van der Waals surface area contributed by atoms with Gasteiger partial charge in [0.25, 0.3) is 0 Å². The van der Waals surface area contributed by atoms with E-state index in [0.29, 0.717) is 18.8 Å². The Morgan fingerprint density at radius 2 is 1.68 bits per heavy atom. The number of piperazine rings is 1. The minimum absolute atomic E-state index is 0.0580. The highest BCUT2D eigenvalue weighted by Crippen LogP contribution is 2.20. The molecule has 2 heterocycles. The van der Waals surface area contributed by atoms with E-state index >= 15 is 0 Å². The number of anilines is 1. The standard InChI is InChI=1S/C21H23FN4O2/c22-17-6-8-18(9-7-17)26-15-19(23-21(26)28)20(27)25-12-10-24(11-13-25)14-16-4-2-1-3-5-16/h1-9,19H,10-15H2,(H,23,28). The molecule has 0 spiro atoms. The van der Waals surface area contributed by atoms with E-state index in [9.17, 15) is 14.0 Å². The average molecular weight is 382 g/mol. The second kappa shape index (κ2) is 7.98. The van der Waals surface area contributed by atoms with Crippen molar-refractivity contribution >= 4 is 17.6 Å². The second-order valence-corrected chi connectivity index (χ2v) is 7.18. The maximum absolute atomic E-state index is 13.1. The number of carbonyl (C=O) groups is 2. The molecule has 6 nitrogen and oxygen atoms in total. The summed E-state index contributed by atoms with van der Waals surface area (Å²) in [5, 5.41) is 2.75. The zero-order valence-corrected chi connectivity index (χ0v) is 15.6. The van der Waals surface area contributed by atoms with E-state index in [1.807, 2.05) is 23.1 Å². The average Bonchev–Trinajstić information content (AvgIpc) is 3.11. The van der Waals surface area contributed by atoms with E-state index in [-0.39, 0.29) is 24.3 Å². The van der Waals surface area contributed by atoms with E-state index in [1.165, 1.54) is 22.6 Å². The van der Waals surface area contributed by atoms with Crippen LogP contribution < -0.4 is 10.2 Å². The number of carbonyl (C=O) groups excluding carboxylic acids is 2. The Labute approximate surface area is 163 Å². The number of hydrogen-bond acceptors (Lipinski definition) is 3. The van der Waals surface area contributed by atoms with Gasteiger partial charge in [-0.2, -0.15) is 0 Å². The van der Waals surface area contributed by atoms with Gasteiger partial charge in [0.2, 0.25) is 5.91 Å². The van der Waals surface area contributed by atoms with Gasteiger partial charge in [0, 0.05) is 38.4 Å². The molecule has 0 aliphatic carbocycles. The monoisotopic (exact) mass is 382 g/mol. The third-order valence-corrected chi connectivity index (χ3v) is 5.28. The van der Waals surface area contributed by atoms with E-state index in [2.05, 4.69) is 22.3 Å². The Balaban J connectivity index is 1.32. The quantitative estimate of drug-likeness (QED) is 0.881. The first-order chi connectivity index (χ1) is 13.6. The van der Waals surface area contributed by atoms with Crippen molar-refractivity contribution in [3.05, 3.63) is 66.0 Å². The predicted molar refractivity (Wildman–Crippen MR) is 104 cm³/mol. The minimum Gasteiger partial charge on any atom is -0.338 e. The van der Waals surface area contributed by atoms with Crippen LogP contribution >= 0.6 is 0 Å². The van der Waals surface area contributed by atoms with Crippen LogP contribution in [0.1, 0.15) is 5.56 Å². The topological polar surface area (TPSA) is 55.9 Å². The Morgan fingerprint density at radius 3 is 2.36 bits per heavy atom. The van der Waals surface area contributed by atoms with Crippen LogP contribution in [0.2, 0.25) is 0 Å². The van der Waals surface area contributed by atoms with Gasteiger partial charge in [-0.05, 0) is 29.8 Å². The van der Waals surface area contributed by atoms with Crippen molar-refractivity contribution in [3.8, 4) is 0 Å². The third-order valence-electron chi connectivity index (χ3n) is 5.28. The van der Waals surface area contributed by atoms with Crippen molar-refractivity contribution in [1.29, 1.82) is 0 Å². The number of rotatable bonds is 4. The SMILES string of the molecule is O=C(C1CN(c2ccc(F)cc2)C(=O)N1)N1CCN(Cc2ccccc2)CC1. The lowest BCUT2D eigenvalue weighted by molar-refractivity contribution is -0.134. The van der Waals surface area contributed by atoms with Gasteiger partial charge in [-0.15, -0.1) is 0 Å². The van der Waals surface area contributed by atoms with E-state index < -0.39 is 6.04 Å². The Hall–Kier alpha value is -2.93. The lowest BCUT2D eigenvalue weighted by Gasteiger charge is -2.35. The molecule has 146 valence electrons. The lowest BCUT2D eigenvalue weighted by atomic mass is 10.2. The molecule has 28 heavy (non-hydrogen) atoms. The largest absolute Gasteiger partial charge is 0.338 e. The predicted octanol–water partition coefficient (Wildman–Crippen LogP) is 2.07. The normalized spacial score (nSPS) is 20.3. The summed E-state index contributed by atoms with van der Waals surface area (Å²) in [5.74, 6) is -0.415. The molecule has 0 saturated carbocycles. The molecule has 2 aliphatic heterocycles. The first kappa shape index (κ1) is 18.4. The van der Waals surface area contributed by atoms with Crippen LogP contribution in [0.4, 0.5) is 14.9 Å². The van der Waals surface area contributed by atoms with Gasteiger partial charge < -0.3 is 10.2 Å². The molecule has 0 bridgehead atoms. The highest BCUT2D eigenvalue weighted by Gasteiger charge is 2.37. The summed E-state index contributed by atoms with van der Waals surface area (Å²) in [7, 11) is 0. The molecule has 1 atom stereocenters. The summed E-state index contributed by atoms with van der Waals surface area (Å²) in [5.41, 5.74) is 1.85. The van der Waals surface area contributed by atoms with Gasteiger partial charge >= 0.3 is 6.03 Å². The molecule has 2 aromatic carbocycles. The summed E-state index contributed by atoms with van der Waals surface area (Å²) in [6.07, 6.45) is 0. The molecule has 0 aromatic heterocycles. The minimum atomic E-state index is -0.571. The van der Waals surface area contributed by atoms with Crippen molar-refractivity contribution in [2.75, 3.05) is 37.6 Å². The molecule has 7 heteroatoms. The van der Waals surface area contributed by atoms with Gasteiger partial charge in [-0.3, -0.25) is 14.6 Å². The Kier molecular flexibility index (Phi) is 5.25. The summed E-state index contributed by atoms with van der Waals surface area (Å²) >= 11 is 0. The van der Waals surface area contributed by atoms with Crippen molar-refractivity contribution in [1.82, 2.24) is 15.1 Å². The molecule has 0 radical (unpaired) electrons. The van der Waals surface area contributed by atoms with Crippen LogP contribution in [-0.2, 0) is 11.3 Å². The van der Waals surface area contributed by atoms with Gasteiger partial charge in [0.05, 0.1) is 6.54 Å². The van der Waals surface area contributed by atoms with Crippen LogP contribution in [0.5, 0.6) is 0 Å². The number of urea groups is 1. The fourth-order valence-corrected chi connectivity index (χ4v) is 3.71. The van der Waals surface area contributed by atoms with E-state index in [0.717, 1.165) is 19.6 Å². The zero-order valence-electron chi connectivity index (χ0n) is 15.6. The zero-order chi connectivity index (χ0) is 19.5. The number of amides is 3. The summed E-state index contributed by atoms with van der Waals surface area (Å²) in [6.45, 7) is 4.05. The Bertz CT molecular complexity index is 835. The van der Waals surface area contributed by atoms with Crippen molar-refractivity contribution in [3.63, 3.8) is 0 Å². The molecule has 4 rings (SSSR count). The molecule has 2 saturated heterocycles. The number of nitrogens with zero attached hydrogens (tertiary/aromatic N) is 3. The maximum atomic E-state index is 13.1. The van der Waals surface area contributed by atoms with Crippen LogP contribution in [0.25, 0.3) is 0 Å². The summed E-state index contributed by atoms with van der Waals surface area (Å²) in [6, 6.07) is 15.1. The summed E-state index contributed by atoms with van der Waals surface area (Å²) < 4.78 is 13.1. The van der Waals surface area contributed by atoms with Gasteiger partial charge in [-0.1, -0.05) is 30.3 Å². The second-order valence-electron chi connectivity index (χ2n) is 7.18. The van der Waals surface area contributed by atoms with Crippen LogP contribution in [0, 0.1) is 5.82 Å². The van der Waals surface area contributed by atoms with E-state index in [4.69, 9.17) is 0 Å². The number of hydrogen-bond donors (Lipinski definition) is 1. The number of benzene rings is 2. The molecule has 2 aromatic rings. The van der Waals surface area contributed by atoms with E-state index in [1.54, 1.807) is 12.1 Å². The van der Waals surface area contributed by atoms with Crippen molar-refractivity contribution in [2.45, 2.75) is 12.6 Å². The smallest absolute Gasteiger partial charge is 0.322 e. The van der Waals surface area contributed by atoms with Gasteiger partial charge in [0.1, 0.15) is 11.9 Å². The maximum Gasteiger partial charge on any atom is 0.322 e. The first-order valence-corrected chi connectivity index (χ1v) is 9.49. The van der Waals surface area contributed by atoms with Crippen LogP contribution in [0.15, 0.2) is 54.6 Å². The van der Waals surface area contributed by atoms with Crippen LogP contribution in [-0.4, -0.2) is 60.5 Å². The fraction of sp³-hybridized carbons (Fsp3) is 0.333. The Morgan fingerprint density at radius 1 is 1.00 bits per heavy atom. The molecule has 3 amide bonds. The van der Waals surface area contributed by atoms with Crippen LogP contribution in [0.3, 0.4) is 0 Å². The number of nitrogens with one attached hydrogen (secondary N) is 1. The first-order valence-electron chi connectivity index (χ1n) is 9.49. The fourth-order valence-electron chi connectivity index (χ4n) is 3.71. The van der Waals surface area contributed by atoms with Gasteiger partial charge in [0.15, 0.2) is 0 Å². The third kappa shape index (κ3) is 3.99. The number of halogens is 1.